The molecule has 0 N–H and O–H groups in total. The highest BCUT2D eigenvalue weighted by Gasteiger charge is 2.14. The summed E-state index contributed by atoms with van der Waals surface area (Å²) < 4.78 is 16.2. The van der Waals surface area contributed by atoms with Crippen LogP contribution in [0.2, 0.25) is 0 Å². The van der Waals surface area contributed by atoms with Crippen LogP contribution in [-0.2, 0) is 13.1 Å². The van der Waals surface area contributed by atoms with Gasteiger partial charge in [0.15, 0.2) is 5.52 Å². The van der Waals surface area contributed by atoms with Gasteiger partial charge in [-0.25, -0.2) is 14.2 Å². The number of aryl methyl sites for hydroxylation is 1. The third-order valence-electron chi connectivity index (χ3n) is 4.68. The zero-order valence-electron chi connectivity index (χ0n) is 15.3. The van der Waals surface area contributed by atoms with Crippen LogP contribution in [0.1, 0.15) is 16.7 Å². The fraction of sp³-hybridized carbons (Fsp3) is 0.136. The summed E-state index contributed by atoms with van der Waals surface area (Å²) in [5.74, 6) is -0.374. The van der Waals surface area contributed by atoms with Crippen LogP contribution in [0.4, 0.5) is 4.39 Å². The average molecular weight is 375 g/mol. The van der Waals surface area contributed by atoms with Crippen LogP contribution in [0.15, 0.2) is 76.4 Å². The fourth-order valence-corrected chi connectivity index (χ4v) is 3.23. The molecule has 0 unspecified atom stereocenters. The second-order valence-corrected chi connectivity index (χ2v) is 6.75. The molecule has 4 aromatic rings. The molecule has 0 aliphatic carbocycles. The SMILES string of the molecule is Cc1ccc(Cn2c(=O)c3ncccc3n(Cc3cccc(F)c3)c2=O)cc1. The lowest BCUT2D eigenvalue weighted by Gasteiger charge is -2.14. The molecule has 0 aliphatic rings. The predicted molar refractivity (Wildman–Crippen MR) is 106 cm³/mol. The number of nitrogens with zero attached hydrogens (tertiary/aromatic N) is 3. The summed E-state index contributed by atoms with van der Waals surface area (Å²) in [5.41, 5.74) is 2.34. The zero-order chi connectivity index (χ0) is 19.7. The third kappa shape index (κ3) is 3.36. The summed E-state index contributed by atoms with van der Waals surface area (Å²) in [6, 6.07) is 17.1. The molecule has 28 heavy (non-hydrogen) atoms. The molecule has 0 saturated heterocycles. The van der Waals surface area contributed by atoms with E-state index in [1.165, 1.54) is 27.5 Å². The average Bonchev–Trinajstić information content (AvgIpc) is 2.70. The molecule has 0 bridgehead atoms. The van der Waals surface area contributed by atoms with E-state index in [9.17, 15) is 14.0 Å². The molecular formula is C22H18FN3O2. The lowest BCUT2D eigenvalue weighted by atomic mass is 10.1. The number of fused-ring (bicyclic) bond motifs is 1. The summed E-state index contributed by atoms with van der Waals surface area (Å²) in [6.45, 7) is 2.27. The summed E-state index contributed by atoms with van der Waals surface area (Å²) in [6.07, 6.45) is 1.52. The van der Waals surface area contributed by atoms with E-state index in [1.807, 2.05) is 31.2 Å². The van der Waals surface area contributed by atoms with Gasteiger partial charge in [0.25, 0.3) is 5.56 Å². The van der Waals surface area contributed by atoms with Crippen LogP contribution in [-0.4, -0.2) is 14.1 Å². The molecule has 2 aromatic heterocycles. The first-order chi connectivity index (χ1) is 13.5. The standard InChI is InChI=1S/C22H18FN3O2/c1-15-7-9-16(10-8-15)13-26-21(27)20-19(6-3-11-24-20)25(22(26)28)14-17-4-2-5-18(23)12-17/h2-12H,13-14H2,1H3. The lowest BCUT2D eigenvalue weighted by molar-refractivity contribution is 0.614. The van der Waals surface area contributed by atoms with Gasteiger partial charge in [0.05, 0.1) is 18.6 Å². The minimum Gasteiger partial charge on any atom is -0.287 e. The Morgan fingerprint density at radius 1 is 0.893 bits per heavy atom. The van der Waals surface area contributed by atoms with E-state index in [0.717, 1.165) is 11.1 Å². The largest absolute Gasteiger partial charge is 0.332 e. The van der Waals surface area contributed by atoms with Crippen LogP contribution < -0.4 is 11.2 Å². The molecule has 0 amide bonds. The Morgan fingerprint density at radius 2 is 1.64 bits per heavy atom. The Kier molecular flexibility index (Phi) is 4.61. The van der Waals surface area contributed by atoms with Gasteiger partial charge in [-0.1, -0.05) is 42.0 Å². The van der Waals surface area contributed by atoms with Crippen LogP contribution >= 0.6 is 0 Å². The molecule has 2 heterocycles. The Labute approximate surface area is 160 Å². The quantitative estimate of drug-likeness (QED) is 0.551. The number of rotatable bonds is 4. The van der Waals surface area contributed by atoms with Crippen molar-refractivity contribution in [3.63, 3.8) is 0 Å². The summed E-state index contributed by atoms with van der Waals surface area (Å²) in [4.78, 5) is 30.3. The second kappa shape index (κ2) is 7.23. The van der Waals surface area contributed by atoms with Crippen molar-refractivity contribution in [3.05, 3.63) is 110 Å². The minimum atomic E-state index is -0.449. The highest BCUT2D eigenvalue weighted by Crippen LogP contribution is 2.11. The molecule has 0 radical (unpaired) electrons. The van der Waals surface area contributed by atoms with E-state index in [2.05, 4.69) is 4.98 Å². The molecule has 6 heteroatoms. The fourth-order valence-electron chi connectivity index (χ4n) is 3.23. The smallest absolute Gasteiger partial charge is 0.287 e. The Hall–Kier alpha value is -3.54. The van der Waals surface area contributed by atoms with E-state index in [1.54, 1.807) is 24.3 Å². The van der Waals surface area contributed by atoms with Crippen LogP contribution in [0, 0.1) is 12.7 Å². The Bertz CT molecular complexity index is 1270. The molecule has 140 valence electrons. The molecule has 2 aromatic carbocycles. The van der Waals surface area contributed by atoms with Crippen molar-refractivity contribution in [3.8, 4) is 0 Å². The van der Waals surface area contributed by atoms with Crippen molar-refractivity contribution in [1.82, 2.24) is 14.1 Å². The van der Waals surface area contributed by atoms with Crippen LogP contribution in [0.5, 0.6) is 0 Å². The van der Waals surface area contributed by atoms with Gasteiger partial charge in [-0.2, -0.15) is 0 Å². The van der Waals surface area contributed by atoms with E-state index < -0.39 is 11.2 Å². The second-order valence-electron chi connectivity index (χ2n) is 6.75. The van der Waals surface area contributed by atoms with Crippen molar-refractivity contribution in [2.24, 2.45) is 0 Å². The molecule has 0 atom stereocenters. The topological polar surface area (TPSA) is 56.9 Å². The molecule has 0 aliphatic heterocycles. The number of hydrogen-bond acceptors (Lipinski definition) is 3. The van der Waals surface area contributed by atoms with Crippen molar-refractivity contribution >= 4 is 11.0 Å². The van der Waals surface area contributed by atoms with Gasteiger partial charge in [0, 0.05) is 6.20 Å². The Morgan fingerprint density at radius 3 is 2.39 bits per heavy atom. The number of aromatic nitrogens is 3. The van der Waals surface area contributed by atoms with E-state index in [4.69, 9.17) is 0 Å². The number of pyridine rings is 1. The van der Waals surface area contributed by atoms with E-state index in [-0.39, 0.29) is 24.4 Å². The van der Waals surface area contributed by atoms with Gasteiger partial charge in [0.2, 0.25) is 0 Å². The molecule has 0 saturated carbocycles. The third-order valence-corrected chi connectivity index (χ3v) is 4.68. The first-order valence-corrected chi connectivity index (χ1v) is 8.91. The molecule has 0 spiro atoms. The number of hydrogen-bond donors (Lipinski definition) is 0. The van der Waals surface area contributed by atoms with E-state index in [0.29, 0.717) is 11.1 Å². The summed E-state index contributed by atoms with van der Waals surface area (Å²) >= 11 is 0. The van der Waals surface area contributed by atoms with Gasteiger partial charge in [0.1, 0.15) is 5.82 Å². The molecule has 5 nitrogen and oxygen atoms in total. The first kappa shape index (κ1) is 17.9. The van der Waals surface area contributed by atoms with Crippen molar-refractivity contribution in [1.29, 1.82) is 0 Å². The van der Waals surface area contributed by atoms with Crippen molar-refractivity contribution in [2.45, 2.75) is 20.0 Å². The zero-order valence-corrected chi connectivity index (χ0v) is 15.3. The Balaban J connectivity index is 1.89. The highest BCUT2D eigenvalue weighted by molar-refractivity contribution is 5.73. The maximum Gasteiger partial charge on any atom is 0.332 e. The maximum atomic E-state index is 13.6. The van der Waals surface area contributed by atoms with Gasteiger partial charge >= 0.3 is 5.69 Å². The lowest BCUT2D eigenvalue weighted by Crippen LogP contribution is -2.40. The summed E-state index contributed by atoms with van der Waals surface area (Å²) in [7, 11) is 0. The monoisotopic (exact) mass is 375 g/mol. The molecule has 0 fully saturated rings. The maximum absolute atomic E-state index is 13.6. The molecule has 4 rings (SSSR count). The van der Waals surface area contributed by atoms with Gasteiger partial charge < -0.3 is 0 Å². The first-order valence-electron chi connectivity index (χ1n) is 8.91. The van der Waals surface area contributed by atoms with Gasteiger partial charge in [-0.15, -0.1) is 0 Å². The highest BCUT2D eigenvalue weighted by atomic mass is 19.1. The van der Waals surface area contributed by atoms with Crippen molar-refractivity contribution < 1.29 is 4.39 Å². The van der Waals surface area contributed by atoms with Crippen LogP contribution in [0.3, 0.4) is 0 Å². The number of benzene rings is 2. The minimum absolute atomic E-state index is 0.146. The van der Waals surface area contributed by atoms with Gasteiger partial charge in [-0.05, 0) is 42.3 Å². The van der Waals surface area contributed by atoms with Crippen molar-refractivity contribution in [2.75, 3.05) is 0 Å². The summed E-state index contributed by atoms with van der Waals surface area (Å²) in [5, 5.41) is 0. The van der Waals surface area contributed by atoms with Crippen LogP contribution in [0.25, 0.3) is 11.0 Å². The van der Waals surface area contributed by atoms with E-state index >= 15 is 0 Å². The predicted octanol–water partition coefficient (Wildman–Crippen LogP) is 3.10. The number of halogens is 1. The van der Waals surface area contributed by atoms with Gasteiger partial charge in [-0.3, -0.25) is 13.9 Å². The normalized spacial score (nSPS) is 11.1. The molecular weight excluding hydrogens is 357 g/mol.